The topological polar surface area (TPSA) is 40.1 Å². The van der Waals surface area contributed by atoms with E-state index in [4.69, 9.17) is 0 Å². The van der Waals surface area contributed by atoms with Crippen LogP contribution in [0.25, 0.3) is 0 Å². The first-order chi connectivity index (χ1) is 8.99. The molecule has 0 unspecified atom stereocenters. The van der Waals surface area contributed by atoms with Crippen molar-refractivity contribution in [3.8, 4) is 0 Å². The summed E-state index contributed by atoms with van der Waals surface area (Å²) in [5, 5.41) is 10.3. The van der Waals surface area contributed by atoms with Crippen LogP contribution in [0.15, 0.2) is 24.3 Å². The van der Waals surface area contributed by atoms with E-state index in [2.05, 4.69) is 38.4 Å². The van der Waals surface area contributed by atoms with Gasteiger partial charge in [0.2, 0.25) is 0 Å². The third-order valence-corrected chi connectivity index (χ3v) is 3.49. The van der Waals surface area contributed by atoms with E-state index >= 15 is 0 Å². The number of carbonyl (C=O) groups excluding carboxylic acids is 1. The predicted octanol–water partition coefficient (Wildman–Crippen LogP) is 2.07. The molecule has 0 aromatic heterocycles. The monoisotopic (exact) mass is 264 g/mol. The molecule has 1 aromatic rings. The predicted molar refractivity (Wildman–Crippen MR) is 75.4 cm³/mol. The Morgan fingerprint density at radius 1 is 1.21 bits per heavy atom. The van der Waals surface area contributed by atoms with Crippen LogP contribution in [0.1, 0.15) is 44.1 Å². The summed E-state index contributed by atoms with van der Waals surface area (Å²) in [6.45, 7) is 2.25. The molecule has 1 aromatic carbocycles. The summed E-state index contributed by atoms with van der Waals surface area (Å²) in [4.78, 5) is 10.3. The summed E-state index contributed by atoms with van der Waals surface area (Å²) in [7, 11) is 4.53. The average Bonchev–Trinajstić information content (AvgIpc) is 2.79. The highest BCUT2D eigenvalue weighted by molar-refractivity contribution is 5.63. The van der Waals surface area contributed by atoms with Crippen LogP contribution in [0, 0.1) is 0 Å². The minimum absolute atomic E-state index is 0.207. The molecule has 0 N–H and O–H groups in total. The van der Waals surface area contributed by atoms with Gasteiger partial charge in [-0.1, -0.05) is 12.8 Å². The Kier molecular flexibility index (Phi) is 6.71. The molecule has 0 aliphatic carbocycles. The van der Waals surface area contributed by atoms with E-state index in [1.54, 1.807) is 0 Å². The highest BCUT2D eigenvalue weighted by atomic mass is 16.4. The molecule has 3 nitrogen and oxygen atoms in total. The fraction of sp³-hybridized carbons (Fsp3) is 0.625. The molecule has 0 spiro atoms. The second kappa shape index (κ2) is 8.05. The van der Waals surface area contributed by atoms with Gasteiger partial charge in [-0.25, -0.2) is 6.07 Å². The molecule has 0 amide bonds. The molecule has 0 bridgehead atoms. The molecule has 0 radical (unpaired) electrons. The molecule has 0 saturated carbocycles. The Balaban J connectivity index is 2.06. The van der Waals surface area contributed by atoms with E-state index in [0.29, 0.717) is 0 Å². The van der Waals surface area contributed by atoms with E-state index in [0.717, 1.165) is 30.3 Å². The molecular weight excluding hydrogens is 238 g/mol. The molecule has 0 atom stereocenters. The zero-order chi connectivity index (χ0) is 14.1. The van der Waals surface area contributed by atoms with Crippen LogP contribution in [-0.2, 0) is 11.3 Å². The minimum atomic E-state index is -0.924. The number of hydrogen-bond donors (Lipinski definition) is 0. The van der Waals surface area contributed by atoms with Crippen molar-refractivity contribution in [2.75, 3.05) is 20.6 Å². The summed E-state index contributed by atoms with van der Waals surface area (Å²) < 4.78 is 1.02. The largest absolute Gasteiger partial charge is 0.550 e. The van der Waals surface area contributed by atoms with Gasteiger partial charge in [-0.05, 0) is 25.7 Å². The Morgan fingerprint density at radius 3 is 2.53 bits per heavy atom. The van der Waals surface area contributed by atoms with Gasteiger partial charge < -0.3 is 14.4 Å². The number of rotatable bonds is 10. The zero-order valence-corrected chi connectivity index (χ0v) is 12.2. The Morgan fingerprint density at radius 2 is 1.89 bits per heavy atom. The van der Waals surface area contributed by atoms with Crippen molar-refractivity contribution in [1.82, 2.24) is 0 Å². The van der Waals surface area contributed by atoms with Crippen molar-refractivity contribution in [3.05, 3.63) is 29.8 Å². The number of carboxylic acid groups (broad SMARTS) is 1. The molecule has 19 heavy (non-hydrogen) atoms. The van der Waals surface area contributed by atoms with Crippen molar-refractivity contribution >= 4 is 5.97 Å². The fourth-order valence-electron chi connectivity index (χ4n) is 2.43. The van der Waals surface area contributed by atoms with Gasteiger partial charge in [0.25, 0.3) is 0 Å². The van der Waals surface area contributed by atoms with Crippen molar-refractivity contribution in [2.45, 2.75) is 45.1 Å². The van der Waals surface area contributed by atoms with Crippen LogP contribution in [0.2, 0.25) is 0 Å². The van der Waals surface area contributed by atoms with Crippen LogP contribution in [0.4, 0.5) is 0 Å². The summed E-state index contributed by atoms with van der Waals surface area (Å²) in [6.07, 6.45) is 5.50. The number of carboxylic acids is 1. The highest BCUT2D eigenvalue weighted by Gasteiger charge is 2.12. The van der Waals surface area contributed by atoms with Gasteiger partial charge in [0.1, 0.15) is 0 Å². The van der Waals surface area contributed by atoms with E-state index in [-0.39, 0.29) is 6.42 Å². The van der Waals surface area contributed by atoms with Crippen LogP contribution in [0.5, 0.6) is 0 Å². The molecule has 3 heteroatoms. The molecule has 0 saturated heterocycles. The quantitative estimate of drug-likeness (QED) is 0.369. The van der Waals surface area contributed by atoms with Gasteiger partial charge in [0.05, 0.1) is 27.2 Å². The van der Waals surface area contributed by atoms with Gasteiger partial charge in [-0.2, -0.15) is 18.2 Å². The molecule has 1 rings (SSSR count). The van der Waals surface area contributed by atoms with Gasteiger partial charge in [0.15, 0.2) is 0 Å². The number of unbranched alkanes of at least 4 members (excludes halogenated alkanes) is 4. The minimum Gasteiger partial charge on any atom is -0.550 e. The van der Waals surface area contributed by atoms with E-state index in [1.807, 2.05) is 0 Å². The normalized spacial score (nSPS) is 11.7. The summed E-state index contributed by atoms with van der Waals surface area (Å²) in [5.74, 6) is -0.924. The lowest BCUT2D eigenvalue weighted by molar-refractivity contribution is -0.903. The van der Waals surface area contributed by atoms with E-state index < -0.39 is 5.97 Å². The lowest BCUT2D eigenvalue weighted by Crippen LogP contribution is -2.39. The standard InChI is InChI=1S/C16H27NO2/c1-17(2,14-15-10-7-8-11-15)13-9-5-3-4-6-12-16(18)19/h7-8,10-11H,3-6,9,12-14H2,1-2H3,(H,18,19)/p-1. The molecule has 108 valence electrons. The number of carbonyl (C=O) groups is 1. The third-order valence-electron chi connectivity index (χ3n) is 3.49. The average molecular weight is 264 g/mol. The molecule has 0 heterocycles. The second-order valence-electron chi connectivity index (χ2n) is 6.00. The fourth-order valence-corrected chi connectivity index (χ4v) is 2.43. The maximum absolute atomic E-state index is 10.3. The van der Waals surface area contributed by atoms with Gasteiger partial charge >= 0.3 is 0 Å². The maximum atomic E-state index is 10.3. The maximum Gasteiger partial charge on any atom is 0.0776 e. The summed E-state index contributed by atoms with van der Waals surface area (Å²) in [6, 6.07) is 8.54. The van der Waals surface area contributed by atoms with Crippen molar-refractivity contribution in [1.29, 1.82) is 0 Å². The Hall–Kier alpha value is -1.22. The zero-order valence-electron chi connectivity index (χ0n) is 12.2. The van der Waals surface area contributed by atoms with E-state index in [1.165, 1.54) is 24.9 Å². The van der Waals surface area contributed by atoms with Crippen LogP contribution in [-0.4, -0.2) is 31.1 Å². The second-order valence-corrected chi connectivity index (χ2v) is 6.00. The van der Waals surface area contributed by atoms with Crippen LogP contribution < -0.4 is 5.11 Å². The van der Waals surface area contributed by atoms with Gasteiger partial charge in [-0.3, -0.25) is 0 Å². The number of aliphatic carboxylic acids is 1. The number of quaternary nitrogens is 1. The van der Waals surface area contributed by atoms with Crippen LogP contribution >= 0.6 is 0 Å². The first-order valence-electron chi connectivity index (χ1n) is 7.22. The molecule has 0 aliphatic heterocycles. The number of hydrogen-bond acceptors (Lipinski definition) is 2. The van der Waals surface area contributed by atoms with Crippen LogP contribution in [0.3, 0.4) is 0 Å². The van der Waals surface area contributed by atoms with Crippen molar-refractivity contribution in [3.63, 3.8) is 0 Å². The first-order valence-corrected chi connectivity index (χ1v) is 7.22. The molecular formula is C16H26NO2-. The number of nitrogens with zero attached hydrogens (tertiary/aromatic N) is 1. The van der Waals surface area contributed by atoms with Gasteiger partial charge in [0, 0.05) is 5.97 Å². The lowest BCUT2D eigenvalue weighted by Gasteiger charge is -2.32. The third kappa shape index (κ3) is 7.73. The molecule has 0 aliphatic rings. The Bertz CT molecular complexity index is 355. The van der Waals surface area contributed by atoms with Crippen molar-refractivity contribution < 1.29 is 14.4 Å². The SMILES string of the molecule is C[N+](C)(CCCCCCCC(=O)[O-])Cc1cc[cH-]c1. The first kappa shape index (κ1) is 15.8. The van der Waals surface area contributed by atoms with Gasteiger partial charge in [-0.15, -0.1) is 5.56 Å². The summed E-state index contributed by atoms with van der Waals surface area (Å²) in [5.41, 5.74) is 1.40. The highest BCUT2D eigenvalue weighted by Crippen LogP contribution is 2.13. The Labute approximate surface area is 116 Å². The van der Waals surface area contributed by atoms with Crippen molar-refractivity contribution in [2.24, 2.45) is 0 Å². The molecule has 0 fully saturated rings. The summed E-state index contributed by atoms with van der Waals surface area (Å²) >= 11 is 0. The van der Waals surface area contributed by atoms with E-state index in [9.17, 15) is 9.90 Å². The smallest absolute Gasteiger partial charge is 0.0776 e. The lowest BCUT2D eigenvalue weighted by atomic mass is 10.1.